The number of aromatic nitrogens is 3. The molecule has 0 fully saturated rings. The fraction of sp³-hybridized carbons (Fsp3) is 0.842. The zero-order valence-electron chi connectivity index (χ0n) is 17.3. The molecule has 8 heteroatoms. The van der Waals surface area contributed by atoms with Crippen LogP contribution >= 0.6 is 24.0 Å². The van der Waals surface area contributed by atoms with Crippen molar-refractivity contribution in [3.8, 4) is 0 Å². The smallest absolute Gasteiger partial charge is 0.345 e. The van der Waals surface area contributed by atoms with Gasteiger partial charge in [-0.25, -0.2) is 9.48 Å². The summed E-state index contributed by atoms with van der Waals surface area (Å²) in [6.45, 7) is 8.96. The number of aryl methyl sites for hydroxylation is 2. The van der Waals surface area contributed by atoms with Gasteiger partial charge in [-0.05, 0) is 38.5 Å². The van der Waals surface area contributed by atoms with Crippen LogP contribution in [-0.2, 0) is 19.5 Å². The van der Waals surface area contributed by atoms with Gasteiger partial charge in [0, 0.05) is 39.1 Å². The van der Waals surface area contributed by atoms with E-state index in [1.807, 2.05) is 4.57 Å². The number of rotatable bonds is 9. The van der Waals surface area contributed by atoms with Crippen LogP contribution < -0.4 is 16.3 Å². The highest BCUT2D eigenvalue weighted by molar-refractivity contribution is 14.0. The van der Waals surface area contributed by atoms with E-state index in [0.29, 0.717) is 12.6 Å². The monoisotopic (exact) mass is 492 g/mol. The summed E-state index contributed by atoms with van der Waals surface area (Å²) in [6.07, 6.45) is 7.63. The number of guanidine groups is 1. The Morgan fingerprint density at radius 1 is 1.22 bits per heavy atom. The average Bonchev–Trinajstić information content (AvgIpc) is 2.93. The van der Waals surface area contributed by atoms with Crippen molar-refractivity contribution in [2.75, 3.05) is 13.6 Å². The third-order valence-corrected chi connectivity index (χ3v) is 4.90. The Labute approximate surface area is 180 Å². The van der Waals surface area contributed by atoms with Crippen LogP contribution in [0.1, 0.15) is 65.1 Å². The molecule has 0 saturated carbocycles. The van der Waals surface area contributed by atoms with Crippen molar-refractivity contribution in [1.82, 2.24) is 25.0 Å². The predicted molar refractivity (Wildman–Crippen MR) is 122 cm³/mol. The molecule has 2 N–H and O–H groups in total. The fourth-order valence-corrected chi connectivity index (χ4v) is 3.36. The van der Waals surface area contributed by atoms with Crippen LogP contribution in [0.3, 0.4) is 0 Å². The minimum atomic E-state index is 0. The van der Waals surface area contributed by atoms with E-state index in [9.17, 15) is 4.79 Å². The highest BCUT2D eigenvalue weighted by atomic mass is 127. The van der Waals surface area contributed by atoms with Gasteiger partial charge in [-0.2, -0.15) is 5.10 Å². The lowest BCUT2D eigenvalue weighted by Crippen LogP contribution is -2.42. The number of nitrogens with one attached hydrogen (secondary N) is 2. The molecule has 0 aliphatic carbocycles. The second-order valence-corrected chi connectivity index (χ2v) is 7.75. The van der Waals surface area contributed by atoms with Crippen LogP contribution in [0.4, 0.5) is 0 Å². The van der Waals surface area contributed by atoms with Crippen LogP contribution in [0.15, 0.2) is 9.79 Å². The zero-order valence-corrected chi connectivity index (χ0v) is 19.7. The van der Waals surface area contributed by atoms with Crippen LogP contribution in [-0.4, -0.2) is 39.9 Å². The first kappa shape index (κ1) is 24.0. The normalized spacial score (nSPS) is 15.2. The standard InChI is InChI=1S/C19H36N6O.HI/c1-15(2)9-7-10-16(3)22-18(20-4)21-12-8-14-25-19(26)24-13-6-5-11-17(24)23-25;/h15-16H,5-14H2,1-4H3,(H2,20,21,22);1H. The van der Waals surface area contributed by atoms with E-state index in [4.69, 9.17) is 0 Å². The Morgan fingerprint density at radius 3 is 2.67 bits per heavy atom. The summed E-state index contributed by atoms with van der Waals surface area (Å²) in [5.41, 5.74) is 0.0426. The molecule has 0 radical (unpaired) electrons. The van der Waals surface area contributed by atoms with Crippen molar-refractivity contribution in [1.29, 1.82) is 0 Å². The summed E-state index contributed by atoms with van der Waals surface area (Å²) in [4.78, 5) is 16.6. The van der Waals surface area contributed by atoms with Crippen LogP contribution in [0.5, 0.6) is 0 Å². The lowest BCUT2D eigenvalue weighted by atomic mass is 10.0. The summed E-state index contributed by atoms with van der Waals surface area (Å²) in [6, 6.07) is 0.405. The summed E-state index contributed by atoms with van der Waals surface area (Å²) >= 11 is 0. The van der Waals surface area contributed by atoms with Gasteiger partial charge < -0.3 is 10.6 Å². The SMILES string of the molecule is CN=C(NCCCn1nc2n(c1=O)CCCC2)NC(C)CCCC(C)C.I. The molecule has 1 aromatic heterocycles. The number of hydrogen-bond acceptors (Lipinski definition) is 3. The molecule has 2 rings (SSSR count). The van der Waals surface area contributed by atoms with Gasteiger partial charge in [-0.1, -0.05) is 26.7 Å². The molecular formula is C19H37IN6O. The molecule has 0 bridgehead atoms. The minimum Gasteiger partial charge on any atom is -0.356 e. The third-order valence-electron chi connectivity index (χ3n) is 4.90. The average molecular weight is 492 g/mol. The van der Waals surface area contributed by atoms with Crippen molar-refractivity contribution in [2.45, 2.75) is 84.8 Å². The maximum atomic E-state index is 12.3. The van der Waals surface area contributed by atoms with Crippen molar-refractivity contribution >= 4 is 29.9 Å². The van der Waals surface area contributed by atoms with E-state index in [0.717, 1.165) is 62.9 Å². The van der Waals surface area contributed by atoms with Gasteiger partial charge >= 0.3 is 5.69 Å². The van der Waals surface area contributed by atoms with Crippen LogP contribution in [0, 0.1) is 5.92 Å². The van der Waals surface area contributed by atoms with Crippen LogP contribution in [0.25, 0.3) is 0 Å². The van der Waals surface area contributed by atoms with Gasteiger partial charge in [-0.15, -0.1) is 24.0 Å². The maximum Gasteiger partial charge on any atom is 0.345 e. The van der Waals surface area contributed by atoms with E-state index >= 15 is 0 Å². The Morgan fingerprint density at radius 2 is 2.00 bits per heavy atom. The van der Waals surface area contributed by atoms with Crippen LogP contribution in [0.2, 0.25) is 0 Å². The first-order valence-electron chi connectivity index (χ1n) is 10.1. The highest BCUT2D eigenvalue weighted by Crippen LogP contribution is 2.09. The Bertz CT molecular complexity index is 637. The molecule has 1 atom stereocenters. The quantitative estimate of drug-likeness (QED) is 0.241. The molecule has 156 valence electrons. The largest absolute Gasteiger partial charge is 0.356 e. The topological polar surface area (TPSA) is 76.2 Å². The number of aliphatic imine (C=N–C) groups is 1. The van der Waals surface area contributed by atoms with Gasteiger partial charge in [-0.3, -0.25) is 9.56 Å². The minimum absolute atomic E-state index is 0. The summed E-state index contributed by atoms with van der Waals surface area (Å²) < 4.78 is 3.45. The van der Waals surface area contributed by atoms with Crippen molar-refractivity contribution < 1.29 is 0 Å². The van der Waals surface area contributed by atoms with Gasteiger partial charge in [0.15, 0.2) is 5.96 Å². The fourth-order valence-electron chi connectivity index (χ4n) is 3.36. The lowest BCUT2D eigenvalue weighted by Gasteiger charge is -2.18. The van der Waals surface area contributed by atoms with Gasteiger partial charge in [0.2, 0.25) is 0 Å². The van der Waals surface area contributed by atoms with Gasteiger partial charge in [0.05, 0.1) is 0 Å². The number of halogens is 1. The number of hydrogen-bond donors (Lipinski definition) is 2. The van der Waals surface area contributed by atoms with E-state index < -0.39 is 0 Å². The van der Waals surface area contributed by atoms with Crippen molar-refractivity contribution in [3.63, 3.8) is 0 Å². The molecule has 0 aromatic carbocycles. The molecule has 27 heavy (non-hydrogen) atoms. The predicted octanol–water partition coefficient (Wildman–Crippen LogP) is 2.77. The van der Waals surface area contributed by atoms with Crippen molar-refractivity contribution in [2.24, 2.45) is 10.9 Å². The van der Waals surface area contributed by atoms with E-state index in [2.05, 4.69) is 41.5 Å². The Balaban J connectivity index is 0.00000364. The summed E-state index contributed by atoms with van der Waals surface area (Å²) in [5, 5.41) is 11.3. The van der Waals surface area contributed by atoms with E-state index in [-0.39, 0.29) is 29.7 Å². The zero-order chi connectivity index (χ0) is 18.9. The Hall–Kier alpha value is -1.06. The van der Waals surface area contributed by atoms with E-state index in [1.54, 1.807) is 11.7 Å². The molecule has 7 nitrogen and oxygen atoms in total. The van der Waals surface area contributed by atoms with Gasteiger partial charge in [0.25, 0.3) is 0 Å². The first-order valence-corrected chi connectivity index (χ1v) is 10.1. The molecule has 2 heterocycles. The summed E-state index contributed by atoms with van der Waals surface area (Å²) in [5.74, 6) is 2.54. The molecule has 1 aliphatic heterocycles. The van der Waals surface area contributed by atoms with Gasteiger partial charge in [0.1, 0.15) is 5.82 Å². The molecule has 0 spiro atoms. The second kappa shape index (κ2) is 12.4. The third kappa shape index (κ3) is 7.83. The van der Waals surface area contributed by atoms with E-state index in [1.165, 1.54) is 12.8 Å². The molecule has 1 unspecified atom stereocenters. The number of fused-ring (bicyclic) bond motifs is 1. The molecular weight excluding hydrogens is 455 g/mol. The van der Waals surface area contributed by atoms with Crippen molar-refractivity contribution in [3.05, 3.63) is 16.3 Å². The molecule has 0 amide bonds. The molecule has 1 aromatic rings. The lowest BCUT2D eigenvalue weighted by molar-refractivity contribution is 0.489. The highest BCUT2D eigenvalue weighted by Gasteiger charge is 2.16. The second-order valence-electron chi connectivity index (χ2n) is 7.75. The molecule has 1 aliphatic rings. The number of nitrogens with zero attached hydrogens (tertiary/aromatic N) is 4. The maximum absolute atomic E-state index is 12.3. The molecule has 0 saturated heterocycles. The first-order chi connectivity index (χ1) is 12.5. The summed E-state index contributed by atoms with van der Waals surface area (Å²) in [7, 11) is 1.80. The Kier molecular flexibility index (Phi) is 11.0.